The van der Waals surface area contributed by atoms with E-state index in [1.807, 2.05) is 32.9 Å². The van der Waals surface area contributed by atoms with Crippen molar-refractivity contribution in [1.82, 2.24) is 9.62 Å². The Morgan fingerprint density at radius 3 is 2.57 bits per heavy atom. The van der Waals surface area contributed by atoms with Crippen molar-refractivity contribution in [3.05, 3.63) is 29.8 Å². The lowest BCUT2D eigenvalue weighted by atomic mass is 10.2. The molecule has 1 aromatic carbocycles. The molecule has 0 fully saturated rings. The number of hydrogen-bond donors (Lipinski definition) is 1. The van der Waals surface area contributed by atoms with Crippen LogP contribution in [0.4, 0.5) is 0 Å². The molecule has 0 bridgehead atoms. The van der Waals surface area contributed by atoms with Crippen LogP contribution in [0.15, 0.2) is 29.2 Å². The number of ether oxygens (including phenoxy) is 1. The average molecular weight is 314 g/mol. The van der Waals surface area contributed by atoms with Crippen LogP contribution in [0.3, 0.4) is 0 Å². The monoisotopic (exact) mass is 314 g/mol. The molecule has 0 aromatic heterocycles. The zero-order chi connectivity index (χ0) is 15.9. The largest absolute Gasteiger partial charge is 0.380 e. The SMILES string of the molecule is CCOCCN(C)S(=O)(=O)c1ccccc1CNC(C)C. The predicted molar refractivity (Wildman–Crippen MR) is 84.7 cm³/mol. The van der Waals surface area contributed by atoms with E-state index in [4.69, 9.17) is 4.74 Å². The Bertz CT molecular complexity index is 529. The summed E-state index contributed by atoms with van der Waals surface area (Å²) in [6.45, 7) is 7.83. The maximum Gasteiger partial charge on any atom is 0.243 e. The van der Waals surface area contributed by atoms with Gasteiger partial charge in [0.2, 0.25) is 10.0 Å². The number of rotatable bonds is 9. The second-order valence-corrected chi connectivity index (χ2v) is 7.18. The van der Waals surface area contributed by atoms with Crippen molar-refractivity contribution in [3.8, 4) is 0 Å². The third-order valence-corrected chi connectivity index (χ3v) is 5.07. The summed E-state index contributed by atoms with van der Waals surface area (Å²) < 4.78 is 31.8. The summed E-state index contributed by atoms with van der Waals surface area (Å²) in [6.07, 6.45) is 0. The number of nitrogens with zero attached hydrogens (tertiary/aromatic N) is 1. The van der Waals surface area contributed by atoms with Gasteiger partial charge in [-0.25, -0.2) is 8.42 Å². The third-order valence-electron chi connectivity index (χ3n) is 3.12. The Labute approximate surface area is 128 Å². The van der Waals surface area contributed by atoms with Gasteiger partial charge in [-0.05, 0) is 18.6 Å². The van der Waals surface area contributed by atoms with Crippen molar-refractivity contribution < 1.29 is 13.2 Å². The highest BCUT2D eigenvalue weighted by Gasteiger charge is 2.23. The molecule has 0 heterocycles. The first kappa shape index (κ1) is 18.1. The quantitative estimate of drug-likeness (QED) is 0.707. The first-order valence-electron chi connectivity index (χ1n) is 7.25. The van der Waals surface area contributed by atoms with Crippen molar-refractivity contribution in [3.63, 3.8) is 0 Å². The molecule has 0 radical (unpaired) electrons. The van der Waals surface area contributed by atoms with Crippen LogP contribution in [0.1, 0.15) is 26.3 Å². The molecule has 0 spiro atoms. The third kappa shape index (κ3) is 5.39. The maximum absolute atomic E-state index is 12.6. The van der Waals surface area contributed by atoms with Gasteiger partial charge in [0.05, 0.1) is 11.5 Å². The normalized spacial score (nSPS) is 12.3. The second-order valence-electron chi connectivity index (χ2n) is 5.17. The maximum atomic E-state index is 12.6. The van der Waals surface area contributed by atoms with Gasteiger partial charge in [-0.1, -0.05) is 32.0 Å². The van der Waals surface area contributed by atoms with Crippen LogP contribution in [0.25, 0.3) is 0 Å². The smallest absolute Gasteiger partial charge is 0.243 e. The van der Waals surface area contributed by atoms with Crippen molar-refractivity contribution in [1.29, 1.82) is 0 Å². The Morgan fingerprint density at radius 2 is 1.95 bits per heavy atom. The molecule has 0 atom stereocenters. The molecule has 21 heavy (non-hydrogen) atoms. The van der Waals surface area contributed by atoms with Gasteiger partial charge in [0, 0.05) is 32.8 Å². The Hall–Kier alpha value is -0.950. The highest BCUT2D eigenvalue weighted by Crippen LogP contribution is 2.19. The van der Waals surface area contributed by atoms with Gasteiger partial charge in [0.15, 0.2) is 0 Å². The predicted octanol–water partition coefficient (Wildman–Crippen LogP) is 1.84. The van der Waals surface area contributed by atoms with Crippen LogP contribution in [-0.4, -0.2) is 45.6 Å². The molecular formula is C15H26N2O3S. The molecule has 0 aliphatic carbocycles. The summed E-state index contributed by atoms with van der Waals surface area (Å²) in [7, 11) is -1.90. The van der Waals surface area contributed by atoms with Gasteiger partial charge in [0.1, 0.15) is 0 Å². The minimum absolute atomic E-state index is 0.302. The first-order valence-corrected chi connectivity index (χ1v) is 8.69. The molecule has 0 unspecified atom stereocenters. The van der Waals surface area contributed by atoms with E-state index in [0.29, 0.717) is 37.2 Å². The molecule has 0 amide bonds. The fraction of sp³-hybridized carbons (Fsp3) is 0.600. The van der Waals surface area contributed by atoms with E-state index in [-0.39, 0.29) is 0 Å². The van der Waals surface area contributed by atoms with E-state index in [1.54, 1.807) is 19.2 Å². The van der Waals surface area contributed by atoms with Crippen molar-refractivity contribution >= 4 is 10.0 Å². The van der Waals surface area contributed by atoms with E-state index in [9.17, 15) is 8.42 Å². The van der Waals surface area contributed by atoms with Crippen LogP contribution >= 0.6 is 0 Å². The van der Waals surface area contributed by atoms with E-state index in [2.05, 4.69) is 5.32 Å². The molecule has 1 aromatic rings. The molecule has 1 rings (SSSR count). The van der Waals surface area contributed by atoms with E-state index >= 15 is 0 Å². The number of nitrogens with one attached hydrogen (secondary N) is 1. The van der Waals surface area contributed by atoms with Crippen molar-refractivity contribution in [2.24, 2.45) is 0 Å². The lowest BCUT2D eigenvalue weighted by Crippen LogP contribution is -2.32. The van der Waals surface area contributed by atoms with Gasteiger partial charge in [-0.15, -0.1) is 0 Å². The Morgan fingerprint density at radius 1 is 1.29 bits per heavy atom. The topological polar surface area (TPSA) is 58.6 Å². The molecular weight excluding hydrogens is 288 g/mol. The highest BCUT2D eigenvalue weighted by molar-refractivity contribution is 7.89. The number of likely N-dealkylation sites (N-methyl/N-ethyl adjacent to an activating group) is 1. The average Bonchev–Trinajstić information content (AvgIpc) is 2.45. The zero-order valence-electron chi connectivity index (χ0n) is 13.3. The van der Waals surface area contributed by atoms with Crippen LogP contribution < -0.4 is 5.32 Å². The summed E-state index contributed by atoms with van der Waals surface area (Å²) >= 11 is 0. The summed E-state index contributed by atoms with van der Waals surface area (Å²) in [4.78, 5) is 0.358. The van der Waals surface area contributed by atoms with E-state index in [1.165, 1.54) is 4.31 Å². The van der Waals surface area contributed by atoms with Crippen LogP contribution in [-0.2, 0) is 21.3 Å². The molecule has 120 valence electrons. The van der Waals surface area contributed by atoms with Crippen molar-refractivity contribution in [2.75, 3.05) is 26.8 Å². The lowest BCUT2D eigenvalue weighted by Gasteiger charge is -2.19. The van der Waals surface area contributed by atoms with Crippen LogP contribution in [0.2, 0.25) is 0 Å². The van der Waals surface area contributed by atoms with Gasteiger partial charge in [-0.3, -0.25) is 0 Å². The fourth-order valence-corrected chi connectivity index (χ4v) is 3.21. The minimum atomic E-state index is -3.48. The van der Waals surface area contributed by atoms with Crippen molar-refractivity contribution in [2.45, 2.75) is 38.3 Å². The summed E-state index contributed by atoms with van der Waals surface area (Å²) in [5.74, 6) is 0. The van der Waals surface area contributed by atoms with Crippen LogP contribution in [0.5, 0.6) is 0 Å². The molecule has 0 saturated heterocycles. The van der Waals surface area contributed by atoms with Gasteiger partial charge in [0.25, 0.3) is 0 Å². The highest BCUT2D eigenvalue weighted by atomic mass is 32.2. The number of sulfonamides is 1. The number of hydrogen-bond acceptors (Lipinski definition) is 4. The first-order chi connectivity index (χ1) is 9.89. The van der Waals surface area contributed by atoms with Gasteiger partial charge < -0.3 is 10.1 Å². The van der Waals surface area contributed by atoms with Gasteiger partial charge >= 0.3 is 0 Å². The molecule has 0 saturated carbocycles. The van der Waals surface area contributed by atoms with E-state index < -0.39 is 10.0 Å². The second kappa shape index (κ2) is 8.48. The Balaban J connectivity index is 2.91. The Kier molecular flexibility index (Phi) is 7.31. The molecule has 0 aliphatic rings. The zero-order valence-corrected chi connectivity index (χ0v) is 14.1. The molecule has 6 heteroatoms. The number of benzene rings is 1. The standard InChI is InChI=1S/C15H26N2O3S/c1-5-20-11-10-17(4)21(18,19)15-9-7-6-8-14(15)12-16-13(2)3/h6-9,13,16H,5,10-12H2,1-4H3. The molecule has 1 N–H and O–H groups in total. The summed E-state index contributed by atoms with van der Waals surface area (Å²) in [5.41, 5.74) is 0.787. The lowest BCUT2D eigenvalue weighted by molar-refractivity contribution is 0.138. The fourth-order valence-electron chi connectivity index (χ4n) is 1.84. The van der Waals surface area contributed by atoms with Gasteiger partial charge in [-0.2, -0.15) is 4.31 Å². The van der Waals surface area contributed by atoms with Crippen LogP contribution in [0, 0.1) is 0 Å². The molecule has 5 nitrogen and oxygen atoms in total. The van der Waals surface area contributed by atoms with E-state index in [0.717, 1.165) is 5.56 Å². The minimum Gasteiger partial charge on any atom is -0.380 e. The summed E-state index contributed by atoms with van der Waals surface area (Å²) in [6, 6.07) is 7.41. The molecule has 0 aliphatic heterocycles. The summed E-state index contributed by atoms with van der Waals surface area (Å²) in [5, 5.41) is 3.26.